The minimum Gasteiger partial charge on any atom is -0.390 e. The molecule has 6 nitrogen and oxygen atoms in total. The quantitative estimate of drug-likeness (QED) is 0.787. The highest BCUT2D eigenvalue weighted by Gasteiger charge is 2.26. The molecule has 0 amide bonds. The average Bonchev–Trinajstić information content (AvgIpc) is 2.94. The Kier molecular flexibility index (Phi) is 6.14. The van der Waals surface area contributed by atoms with Crippen LogP contribution in [0.2, 0.25) is 0 Å². The van der Waals surface area contributed by atoms with Gasteiger partial charge in [0.1, 0.15) is 0 Å². The second-order valence-corrected chi connectivity index (χ2v) is 6.28. The van der Waals surface area contributed by atoms with E-state index in [0.29, 0.717) is 25.0 Å². The van der Waals surface area contributed by atoms with E-state index in [2.05, 4.69) is 15.5 Å². The third kappa shape index (κ3) is 5.05. The third-order valence-corrected chi connectivity index (χ3v) is 4.09. The molecule has 1 unspecified atom stereocenters. The number of nitrogens with one attached hydrogen (secondary N) is 1. The highest BCUT2D eigenvalue weighted by molar-refractivity contribution is 4.97. The van der Waals surface area contributed by atoms with Crippen molar-refractivity contribution in [3.05, 3.63) is 11.7 Å². The number of hydrogen-bond donors (Lipinski definition) is 2. The molecule has 2 rings (SSSR count). The van der Waals surface area contributed by atoms with Gasteiger partial charge in [-0.15, -0.1) is 0 Å². The highest BCUT2D eigenvalue weighted by atomic mass is 16.5. The number of hydrogen-bond acceptors (Lipinski definition) is 6. The summed E-state index contributed by atoms with van der Waals surface area (Å²) in [7, 11) is 3.95. The molecule has 0 radical (unpaired) electrons. The van der Waals surface area contributed by atoms with Crippen molar-refractivity contribution in [1.82, 2.24) is 20.4 Å². The number of rotatable bonds is 7. The Morgan fingerprint density at radius 2 is 2.05 bits per heavy atom. The standard InChI is InChI=1S/C15H28N4O2/c1-4-14-17-15(21-18-14)11-5-7-12(8-6-11)16-9-13(20)10-19(2)3/h11-13,16,20H,4-10H2,1-3H3. The molecule has 21 heavy (non-hydrogen) atoms. The van der Waals surface area contributed by atoms with E-state index in [0.717, 1.165) is 43.8 Å². The Bertz CT molecular complexity index is 414. The molecular weight excluding hydrogens is 268 g/mol. The summed E-state index contributed by atoms with van der Waals surface area (Å²) in [6.45, 7) is 3.40. The fraction of sp³-hybridized carbons (Fsp3) is 0.867. The van der Waals surface area contributed by atoms with Crippen molar-refractivity contribution in [2.24, 2.45) is 0 Å². The number of likely N-dealkylation sites (N-methyl/N-ethyl adjacent to an activating group) is 1. The largest absolute Gasteiger partial charge is 0.390 e. The lowest BCUT2D eigenvalue weighted by Gasteiger charge is -2.28. The Balaban J connectivity index is 1.70. The summed E-state index contributed by atoms with van der Waals surface area (Å²) in [5.74, 6) is 2.01. The molecule has 1 aliphatic carbocycles. The predicted molar refractivity (Wildman–Crippen MR) is 81.2 cm³/mol. The van der Waals surface area contributed by atoms with Crippen molar-refractivity contribution in [3.63, 3.8) is 0 Å². The van der Waals surface area contributed by atoms with E-state index in [9.17, 15) is 5.11 Å². The lowest BCUT2D eigenvalue weighted by atomic mass is 9.86. The first-order valence-corrected chi connectivity index (χ1v) is 7.97. The first-order valence-electron chi connectivity index (χ1n) is 7.97. The Labute approximate surface area is 126 Å². The maximum atomic E-state index is 9.87. The van der Waals surface area contributed by atoms with Gasteiger partial charge in [-0.2, -0.15) is 4.98 Å². The summed E-state index contributed by atoms with van der Waals surface area (Å²) in [6, 6.07) is 0.492. The van der Waals surface area contributed by atoms with Crippen LogP contribution in [0.5, 0.6) is 0 Å². The molecule has 0 saturated heterocycles. The zero-order valence-corrected chi connectivity index (χ0v) is 13.4. The summed E-state index contributed by atoms with van der Waals surface area (Å²) in [4.78, 5) is 6.44. The first-order chi connectivity index (χ1) is 10.1. The van der Waals surface area contributed by atoms with Crippen LogP contribution >= 0.6 is 0 Å². The van der Waals surface area contributed by atoms with Gasteiger partial charge in [0.25, 0.3) is 0 Å². The zero-order chi connectivity index (χ0) is 15.2. The van der Waals surface area contributed by atoms with Crippen LogP contribution in [0, 0.1) is 0 Å². The van der Waals surface area contributed by atoms with Gasteiger partial charge in [-0.05, 0) is 39.8 Å². The van der Waals surface area contributed by atoms with Gasteiger partial charge in [0.05, 0.1) is 6.10 Å². The van der Waals surface area contributed by atoms with E-state index < -0.39 is 0 Å². The maximum absolute atomic E-state index is 9.87. The van der Waals surface area contributed by atoms with Gasteiger partial charge in [0.15, 0.2) is 5.82 Å². The minimum atomic E-state index is -0.305. The van der Waals surface area contributed by atoms with Crippen LogP contribution in [0.15, 0.2) is 4.52 Å². The number of aliphatic hydroxyl groups is 1. The van der Waals surface area contributed by atoms with Gasteiger partial charge in [-0.3, -0.25) is 0 Å². The Morgan fingerprint density at radius 1 is 1.33 bits per heavy atom. The topological polar surface area (TPSA) is 74.4 Å². The minimum absolute atomic E-state index is 0.305. The molecule has 1 aromatic rings. The molecule has 2 N–H and O–H groups in total. The van der Waals surface area contributed by atoms with Crippen LogP contribution in [-0.4, -0.2) is 59.5 Å². The van der Waals surface area contributed by atoms with E-state index in [1.807, 2.05) is 25.9 Å². The van der Waals surface area contributed by atoms with Crippen LogP contribution in [0.25, 0.3) is 0 Å². The first kappa shape index (κ1) is 16.4. The summed E-state index contributed by atoms with van der Waals surface area (Å²) in [5, 5.41) is 17.3. The molecule has 1 saturated carbocycles. The van der Waals surface area contributed by atoms with Gasteiger partial charge < -0.3 is 19.8 Å². The molecule has 1 aromatic heterocycles. The normalized spacial score (nSPS) is 24.4. The van der Waals surface area contributed by atoms with E-state index in [1.54, 1.807) is 0 Å². The molecule has 0 aromatic carbocycles. The third-order valence-electron chi connectivity index (χ3n) is 4.09. The SMILES string of the molecule is CCc1noc(C2CCC(NCC(O)CN(C)C)CC2)n1. The van der Waals surface area contributed by atoms with Gasteiger partial charge in [0.2, 0.25) is 5.89 Å². The molecule has 1 aliphatic rings. The Morgan fingerprint density at radius 3 is 2.62 bits per heavy atom. The second-order valence-electron chi connectivity index (χ2n) is 6.28. The van der Waals surface area contributed by atoms with Gasteiger partial charge in [0, 0.05) is 31.5 Å². The van der Waals surface area contributed by atoms with Crippen LogP contribution < -0.4 is 5.32 Å². The molecular formula is C15H28N4O2. The predicted octanol–water partition coefficient (Wildman–Crippen LogP) is 1.17. The lowest BCUT2D eigenvalue weighted by molar-refractivity contribution is 0.128. The Hall–Kier alpha value is -0.980. The molecule has 0 spiro atoms. The zero-order valence-electron chi connectivity index (χ0n) is 13.4. The number of aryl methyl sites for hydroxylation is 1. The second kappa shape index (κ2) is 7.87. The molecule has 120 valence electrons. The van der Waals surface area contributed by atoms with Crippen LogP contribution in [0.3, 0.4) is 0 Å². The summed E-state index contributed by atoms with van der Waals surface area (Å²) < 4.78 is 5.35. The number of aliphatic hydroxyl groups excluding tert-OH is 1. The van der Waals surface area contributed by atoms with Crippen LogP contribution in [0.4, 0.5) is 0 Å². The molecule has 1 atom stereocenters. The van der Waals surface area contributed by atoms with Crippen molar-refractivity contribution in [2.75, 3.05) is 27.2 Å². The molecule has 0 aliphatic heterocycles. The fourth-order valence-corrected chi connectivity index (χ4v) is 2.91. The lowest BCUT2D eigenvalue weighted by Crippen LogP contribution is -2.41. The van der Waals surface area contributed by atoms with Crippen molar-refractivity contribution >= 4 is 0 Å². The van der Waals surface area contributed by atoms with Crippen LogP contribution in [-0.2, 0) is 6.42 Å². The van der Waals surface area contributed by atoms with E-state index in [4.69, 9.17) is 4.52 Å². The van der Waals surface area contributed by atoms with Crippen LogP contribution in [0.1, 0.15) is 50.2 Å². The van der Waals surface area contributed by atoms with Gasteiger partial charge >= 0.3 is 0 Å². The fourth-order valence-electron chi connectivity index (χ4n) is 2.91. The van der Waals surface area contributed by atoms with Crippen molar-refractivity contribution in [1.29, 1.82) is 0 Å². The van der Waals surface area contributed by atoms with Gasteiger partial charge in [-0.25, -0.2) is 0 Å². The molecule has 1 heterocycles. The van der Waals surface area contributed by atoms with Crippen molar-refractivity contribution < 1.29 is 9.63 Å². The molecule has 1 fully saturated rings. The van der Waals surface area contributed by atoms with Gasteiger partial charge in [-0.1, -0.05) is 12.1 Å². The smallest absolute Gasteiger partial charge is 0.229 e. The summed E-state index contributed by atoms with van der Waals surface area (Å²) >= 11 is 0. The van der Waals surface area contributed by atoms with Crippen molar-refractivity contribution in [3.8, 4) is 0 Å². The highest BCUT2D eigenvalue weighted by Crippen LogP contribution is 2.31. The summed E-state index contributed by atoms with van der Waals surface area (Å²) in [5.41, 5.74) is 0. The molecule has 0 bridgehead atoms. The summed E-state index contributed by atoms with van der Waals surface area (Å²) in [6.07, 6.45) is 4.87. The number of nitrogens with zero attached hydrogens (tertiary/aromatic N) is 3. The number of aromatic nitrogens is 2. The maximum Gasteiger partial charge on any atom is 0.229 e. The molecule has 6 heteroatoms. The average molecular weight is 296 g/mol. The van der Waals surface area contributed by atoms with E-state index in [1.165, 1.54) is 0 Å². The monoisotopic (exact) mass is 296 g/mol. The van der Waals surface area contributed by atoms with E-state index >= 15 is 0 Å². The van der Waals surface area contributed by atoms with E-state index in [-0.39, 0.29) is 6.10 Å². The van der Waals surface area contributed by atoms with Crippen molar-refractivity contribution in [2.45, 2.75) is 57.1 Å².